The highest BCUT2D eigenvalue weighted by atomic mass is 35.5. The molecule has 0 amide bonds. The highest BCUT2D eigenvalue weighted by molar-refractivity contribution is 5.85. The number of halogens is 2. The standard InChI is InChI=1S/C8H10.C6H6O.2ClH/c1-7-5-3-4-6-8(7)2;7-6-4-2-1-3-5-6;;/h3-6H,1-2H3;1-5,7H;2*1H. The van der Waals surface area contributed by atoms with Gasteiger partial charge in [-0.25, -0.2) is 0 Å². The number of rotatable bonds is 0. The highest BCUT2D eigenvalue weighted by Crippen LogP contribution is 2.03. The third-order valence-electron chi connectivity index (χ3n) is 2.18. The minimum absolute atomic E-state index is 0. The summed E-state index contributed by atoms with van der Waals surface area (Å²) in [6, 6.07) is 17.1. The minimum Gasteiger partial charge on any atom is -0.508 e. The first kappa shape index (κ1) is 18.2. The molecule has 0 saturated heterocycles. The number of hydrogen-bond acceptors (Lipinski definition) is 1. The van der Waals surface area contributed by atoms with Gasteiger partial charge in [0.05, 0.1) is 0 Å². The molecule has 0 aliphatic carbocycles. The summed E-state index contributed by atoms with van der Waals surface area (Å²) in [5.41, 5.74) is 2.74. The summed E-state index contributed by atoms with van der Waals surface area (Å²) in [5.74, 6) is 0.322. The van der Waals surface area contributed by atoms with Crippen molar-refractivity contribution in [3.63, 3.8) is 0 Å². The van der Waals surface area contributed by atoms with Gasteiger partial charge in [-0.15, -0.1) is 24.8 Å². The van der Waals surface area contributed by atoms with E-state index in [0.717, 1.165) is 0 Å². The van der Waals surface area contributed by atoms with Gasteiger partial charge in [0.1, 0.15) is 5.75 Å². The van der Waals surface area contributed by atoms with E-state index in [1.165, 1.54) is 11.1 Å². The van der Waals surface area contributed by atoms with Crippen molar-refractivity contribution in [3.05, 3.63) is 65.7 Å². The van der Waals surface area contributed by atoms with E-state index in [9.17, 15) is 0 Å². The quantitative estimate of drug-likeness (QED) is 0.747. The Hall–Kier alpha value is -1.18. The van der Waals surface area contributed by atoms with Crippen LogP contribution in [0.1, 0.15) is 11.1 Å². The smallest absolute Gasteiger partial charge is 0.115 e. The fourth-order valence-electron chi connectivity index (χ4n) is 1.09. The molecule has 1 N–H and O–H groups in total. The van der Waals surface area contributed by atoms with E-state index in [4.69, 9.17) is 5.11 Å². The molecular weight excluding hydrogens is 255 g/mol. The Morgan fingerprint density at radius 1 is 0.647 bits per heavy atom. The van der Waals surface area contributed by atoms with Gasteiger partial charge >= 0.3 is 0 Å². The van der Waals surface area contributed by atoms with Crippen molar-refractivity contribution in [2.24, 2.45) is 0 Å². The molecule has 0 heterocycles. The van der Waals surface area contributed by atoms with Crippen LogP contribution in [-0.2, 0) is 0 Å². The molecule has 0 aromatic heterocycles. The maximum absolute atomic E-state index is 8.63. The highest BCUT2D eigenvalue weighted by Gasteiger charge is 1.83. The Balaban J connectivity index is 0. The van der Waals surface area contributed by atoms with Gasteiger partial charge in [0.25, 0.3) is 0 Å². The molecule has 2 aromatic carbocycles. The van der Waals surface area contributed by atoms with Crippen LogP contribution in [0.15, 0.2) is 54.6 Å². The lowest BCUT2D eigenvalue weighted by Crippen LogP contribution is -1.74. The third kappa shape index (κ3) is 7.67. The number of para-hydroxylation sites is 1. The summed E-state index contributed by atoms with van der Waals surface area (Å²) in [7, 11) is 0. The number of benzene rings is 2. The molecule has 0 unspecified atom stereocenters. The van der Waals surface area contributed by atoms with Crippen LogP contribution in [-0.4, -0.2) is 5.11 Å². The Kier molecular flexibility index (Phi) is 10.7. The van der Waals surface area contributed by atoms with Gasteiger partial charge in [0.15, 0.2) is 0 Å². The average molecular weight is 273 g/mol. The molecule has 2 rings (SSSR count). The first-order valence-corrected chi connectivity index (χ1v) is 4.96. The third-order valence-corrected chi connectivity index (χ3v) is 2.18. The zero-order valence-corrected chi connectivity index (χ0v) is 11.6. The van der Waals surface area contributed by atoms with Crippen molar-refractivity contribution >= 4 is 24.8 Å². The fourth-order valence-corrected chi connectivity index (χ4v) is 1.09. The second-order valence-corrected chi connectivity index (χ2v) is 3.42. The van der Waals surface area contributed by atoms with Crippen LogP contribution in [0.2, 0.25) is 0 Å². The van der Waals surface area contributed by atoms with Crippen molar-refractivity contribution in [3.8, 4) is 5.75 Å². The topological polar surface area (TPSA) is 20.2 Å². The molecule has 0 atom stereocenters. The lowest BCUT2D eigenvalue weighted by Gasteiger charge is -1.93. The van der Waals surface area contributed by atoms with E-state index in [0.29, 0.717) is 5.75 Å². The molecular formula is C14H18Cl2O. The molecule has 1 nitrogen and oxygen atoms in total. The summed E-state index contributed by atoms with van der Waals surface area (Å²) in [6.45, 7) is 4.24. The molecule has 3 heteroatoms. The molecule has 0 fully saturated rings. The van der Waals surface area contributed by atoms with Crippen molar-refractivity contribution in [1.82, 2.24) is 0 Å². The maximum atomic E-state index is 8.63. The molecule has 0 bridgehead atoms. The van der Waals surface area contributed by atoms with Gasteiger partial charge < -0.3 is 5.11 Å². The Labute approximate surface area is 115 Å². The predicted molar refractivity (Wildman–Crippen MR) is 78.5 cm³/mol. The van der Waals surface area contributed by atoms with Gasteiger partial charge in [-0.3, -0.25) is 0 Å². The van der Waals surface area contributed by atoms with Crippen LogP contribution >= 0.6 is 24.8 Å². The monoisotopic (exact) mass is 272 g/mol. The second kappa shape index (κ2) is 10.0. The van der Waals surface area contributed by atoms with Crippen molar-refractivity contribution in [1.29, 1.82) is 0 Å². The number of hydrogen-bond donors (Lipinski definition) is 1. The molecule has 0 aliphatic rings. The van der Waals surface area contributed by atoms with Crippen molar-refractivity contribution in [2.45, 2.75) is 13.8 Å². The van der Waals surface area contributed by atoms with Crippen LogP contribution in [0.3, 0.4) is 0 Å². The van der Waals surface area contributed by atoms with Gasteiger partial charge in [0, 0.05) is 0 Å². The van der Waals surface area contributed by atoms with Crippen LogP contribution in [0.4, 0.5) is 0 Å². The summed E-state index contributed by atoms with van der Waals surface area (Å²) < 4.78 is 0. The molecule has 94 valence electrons. The number of phenols is 1. The number of aryl methyl sites for hydroxylation is 2. The average Bonchev–Trinajstić information content (AvgIpc) is 2.25. The maximum Gasteiger partial charge on any atom is 0.115 e. The largest absolute Gasteiger partial charge is 0.508 e. The van der Waals surface area contributed by atoms with E-state index in [2.05, 4.69) is 38.1 Å². The first-order chi connectivity index (χ1) is 7.20. The number of phenolic OH excluding ortho intramolecular Hbond substituents is 1. The molecule has 2 aromatic rings. The Morgan fingerprint density at radius 3 is 1.24 bits per heavy atom. The van der Waals surface area contributed by atoms with E-state index in [1.54, 1.807) is 24.3 Å². The Bertz CT molecular complexity index is 381. The molecule has 0 saturated carbocycles. The zero-order valence-electron chi connectivity index (χ0n) is 9.96. The minimum atomic E-state index is 0. The van der Waals surface area contributed by atoms with Gasteiger partial charge in [-0.1, -0.05) is 42.5 Å². The molecule has 0 spiro atoms. The second-order valence-electron chi connectivity index (χ2n) is 3.42. The van der Waals surface area contributed by atoms with E-state index >= 15 is 0 Å². The van der Waals surface area contributed by atoms with Gasteiger partial charge in [-0.2, -0.15) is 0 Å². The predicted octanol–water partition coefficient (Wildman–Crippen LogP) is 4.54. The van der Waals surface area contributed by atoms with E-state index in [1.807, 2.05) is 6.07 Å². The molecule has 0 aliphatic heterocycles. The lowest BCUT2D eigenvalue weighted by molar-refractivity contribution is 0.475. The summed E-state index contributed by atoms with van der Waals surface area (Å²) in [5, 5.41) is 8.63. The summed E-state index contributed by atoms with van der Waals surface area (Å²) in [6.07, 6.45) is 0. The van der Waals surface area contributed by atoms with Crippen LogP contribution in [0.25, 0.3) is 0 Å². The Morgan fingerprint density at radius 2 is 1.00 bits per heavy atom. The van der Waals surface area contributed by atoms with E-state index in [-0.39, 0.29) is 24.8 Å². The normalized spacial score (nSPS) is 7.88. The van der Waals surface area contributed by atoms with Crippen LogP contribution in [0.5, 0.6) is 5.75 Å². The van der Waals surface area contributed by atoms with Gasteiger partial charge in [-0.05, 0) is 37.1 Å². The van der Waals surface area contributed by atoms with E-state index < -0.39 is 0 Å². The van der Waals surface area contributed by atoms with Crippen LogP contribution in [0, 0.1) is 13.8 Å². The molecule has 0 radical (unpaired) electrons. The fraction of sp³-hybridized carbons (Fsp3) is 0.143. The first-order valence-electron chi connectivity index (χ1n) is 4.96. The van der Waals surface area contributed by atoms with Crippen LogP contribution < -0.4 is 0 Å². The van der Waals surface area contributed by atoms with Crippen molar-refractivity contribution in [2.75, 3.05) is 0 Å². The zero-order chi connectivity index (χ0) is 11.1. The summed E-state index contributed by atoms with van der Waals surface area (Å²) in [4.78, 5) is 0. The number of aromatic hydroxyl groups is 1. The molecule has 17 heavy (non-hydrogen) atoms. The summed E-state index contributed by atoms with van der Waals surface area (Å²) >= 11 is 0. The SMILES string of the molecule is Cc1ccccc1C.Cl.Cl.Oc1ccccc1. The lowest BCUT2D eigenvalue weighted by atomic mass is 10.1. The van der Waals surface area contributed by atoms with Crippen molar-refractivity contribution < 1.29 is 5.11 Å². The van der Waals surface area contributed by atoms with Gasteiger partial charge in [0.2, 0.25) is 0 Å².